The minimum atomic E-state index is -0.506. The zero-order chi connectivity index (χ0) is 13.9. The van der Waals surface area contributed by atoms with E-state index in [0.29, 0.717) is 11.9 Å². The SMILES string of the molecule is NC(=O)c1nccnc1N(CC1CC1)CC1CCCN1. The lowest BCUT2D eigenvalue weighted by atomic mass is 10.2. The van der Waals surface area contributed by atoms with Crippen molar-refractivity contribution in [3.63, 3.8) is 0 Å². The first-order valence-corrected chi connectivity index (χ1v) is 7.33. The topological polar surface area (TPSA) is 84.1 Å². The monoisotopic (exact) mass is 275 g/mol. The van der Waals surface area contributed by atoms with Crippen LogP contribution in [0, 0.1) is 5.92 Å². The van der Waals surface area contributed by atoms with Crippen LogP contribution in [0.5, 0.6) is 0 Å². The molecule has 1 aromatic heterocycles. The van der Waals surface area contributed by atoms with Gasteiger partial charge in [-0.3, -0.25) is 4.79 Å². The van der Waals surface area contributed by atoms with E-state index in [4.69, 9.17) is 5.73 Å². The van der Waals surface area contributed by atoms with Crippen LogP contribution in [0.15, 0.2) is 12.4 Å². The Labute approximate surface area is 118 Å². The van der Waals surface area contributed by atoms with E-state index in [1.54, 1.807) is 6.20 Å². The molecule has 1 amide bonds. The van der Waals surface area contributed by atoms with Crippen LogP contribution in [0.1, 0.15) is 36.2 Å². The van der Waals surface area contributed by atoms with Gasteiger partial charge in [0, 0.05) is 31.5 Å². The third-order valence-corrected chi connectivity index (χ3v) is 3.99. The third kappa shape index (κ3) is 3.07. The van der Waals surface area contributed by atoms with Gasteiger partial charge >= 0.3 is 0 Å². The van der Waals surface area contributed by atoms with E-state index in [0.717, 1.165) is 25.6 Å². The maximum atomic E-state index is 11.5. The van der Waals surface area contributed by atoms with Crippen molar-refractivity contribution in [3.8, 4) is 0 Å². The van der Waals surface area contributed by atoms with E-state index in [9.17, 15) is 4.79 Å². The molecule has 2 fully saturated rings. The lowest BCUT2D eigenvalue weighted by molar-refractivity contribution is 0.0995. The zero-order valence-electron chi connectivity index (χ0n) is 11.6. The molecule has 1 unspecified atom stereocenters. The van der Waals surface area contributed by atoms with Gasteiger partial charge in [-0.1, -0.05) is 0 Å². The predicted octanol–water partition coefficient (Wildman–Crippen LogP) is 0.544. The maximum absolute atomic E-state index is 11.5. The highest BCUT2D eigenvalue weighted by Crippen LogP contribution is 2.31. The van der Waals surface area contributed by atoms with Gasteiger partial charge in [0.25, 0.3) is 5.91 Å². The zero-order valence-corrected chi connectivity index (χ0v) is 11.6. The molecule has 2 aliphatic rings. The number of amides is 1. The van der Waals surface area contributed by atoms with Crippen LogP contribution >= 0.6 is 0 Å². The van der Waals surface area contributed by atoms with E-state index in [2.05, 4.69) is 20.2 Å². The Bertz CT molecular complexity index is 482. The van der Waals surface area contributed by atoms with Crippen LogP contribution in [0.4, 0.5) is 5.82 Å². The molecule has 0 bridgehead atoms. The second-order valence-electron chi connectivity index (χ2n) is 5.73. The standard InChI is InChI=1S/C14H21N5O/c15-13(20)12-14(18-7-6-17-12)19(8-10-3-4-10)9-11-2-1-5-16-11/h6-7,10-11,16H,1-5,8-9H2,(H2,15,20). The molecule has 1 saturated heterocycles. The van der Waals surface area contributed by atoms with Crippen molar-refractivity contribution in [2.45, 2.75) is 31.7 Å². The van der Waals surface area contributed by atoms with Gasteiger partial charge in [0.1, 0.15) is 0 Å². The normalized spacial score (nSPS) is 21.9. The van der Waals surface area contributed by atoms with Gasteiger partial charge in [0.05, 0.1) is 0 Å². The number of nitrogens with one attached hydrogen (secondary N) is 1. The Kier molecular flexibility index (Phi) is 3.82. The molecule has 108 valence electrons. The van der Waals surface area contributed by atoms with E-state index < -0.39 is 5.91 Å². The van der Waals surface area contributed by atoms with E-state index in [-0.39, 0.29) is 5.69 Å². The molecule has 0 radical (unpaired) electrons. The first-order valence-electron chi connectivity index (χ1n) is 7.33. The number of nitrogens with zero attached hydrogens (tertiary/aromatic N) is 3. The number of carbonyl (C=O) groups excluding carboxylic acids is 1. The Morgan fingerprint density at radius 3 is 2.75 bits per heavy atom. The molecular formula is C14H21N5O. The predicted molar refractivity (Wildman–Crippen MR) is 76.5 cm³/mol. The summed E-state index contributed by atoms with van der Waals surface area (Å²) in [6.07, 6.45) is 8.07. The van der Waals surface area contributed by atoms with E-state index >= 15 is 0 Å². The minimum Gasteiger partial charge on any atom is -0.364 e. The Hall–Kier alpha value is -1.69. The highest BCUT2D eigenvalue weighted by atomic mass is 16.1. The molecular weight excluding hydrogens is 254 g/mol. The highest BCUT2D eigenvalue weighted by molar-refractivity contribution is 5.95. The van der Waals surface area contributed by atoms with Gasteiger partial charge in [-0.05, 0) is 38.1 Å². The number of primary amides is 1. The molecule has 3 N–H and O–H groups in total. The Morgan fingerprint density at radius 2 is 2.10 bits per heavy atom. The fourth-order valence-electron chi connectivity index (χ4n) is 2.77. The quantitative estimate of drug-likeness (QED) is 0.792. The number of nitrogens with two attached hydrogens (primary N) is 1. The van der Waals surface area contributed by atoms with Crippen LogP contribution in [0.25, 0.3) is 0 Å². The second kappa shape index (κ2) is 5.75. The minimum absolute atomic E-state index is 0.283. The smallest absolute Gasteiger partial charge is 0.271 e. The van der Waals surface area contributed by atoms with Crippen LogP contribution < -0.4 is 16.0 Å². The molecule has 6 nitrogen and oxygen atoms in total. The molecule has 1 aliphatic carbocycles. The summed E-state index contributed by atoms with van der Waals surface area (Å²) < 4.78 is 0. The Balaban J connectivity index is 1.81. The molecule has 20 heavy (non-hydrogen) atoms. The van der Waals surface area contributed by atoms with Gasteiger partial charge < -0.3 is 16.0 Å². The molecule has 1 aromatic rings. The van der Waals surface area contributed by atoms with Gasteiger partial charge in [0.2, 0.25) is 0 Å². The summed E-state index contributed by atoms with van der Waals surface area (Å²) in [6.45, 7) is 2.89. The summed E-state index contributed by atoms with van der Waals surface area (Å²) in [5.74, 6) is 0.855. The fraction of sp³-hybridized carbons (Fsp3) is 0.643. The van der Waals surface area contributed by atoms with Crippen molar-refractivity contribution in [3.05, 3.63) is 18.1 Å². The fourth-order valence-corrected chi connectivity index (χ4v) is 2.77. The first-order chi connectivity index (χ1) is 9.74. The van der Waals surface area contributed by atoms with Gasteiger partial charge in [-0.25, -0.2) is 9.97 Å². The lowest BCUT2D eigenvalue weighted by Crippen LogP contribution is -2.40. The number of anilines is 1. The average molecular weight is 275 g/mol. The summed E-state index contributed by atoms with van der Waals surface area (Å²) in [6, 6.07) is 0.469. The number of rotatable bonds is 6. The molecule has 1 aliphatic heterocycles. The van der Waals surface area contributed by atoms with Crippen LogP contribution in [-0.4, -0.2) is 41.6 Å². The van der Waals surface area contributed by atoms with Crippen molar-refractivity contribution < 1.29 is 4.79 Å². The van der Waals surface area contributed by atoms with Crippen molar-refractivity contribution in [1.82, 2.24) is 15.3 Å². The van der Waals surface area contributed by atoms with Crippen LogP contribution in [0.3, 0.4) is 0 Å². The van der Waals surface area contributed by atoms with E-state index in [1.807, 2.05) is 0 Å². The number of carbonyl (C=O) groups is 1. The first kappa shape index (κ1) is 13.3. The summed E-state index contributed by atoms with van der Waals surface area (Å²) in [5.41, 5.74) is 5.71. The molecule has 3 rings (SSSR count). The Morgan fingerprint density at radius 1 is 1.30 bits per heavy atom. The molecule has 1 saturated carbocycles. The summed E-state index contributed by atoms with van der Waals surface area (Å²) >= 11 is 0. The summed E-state index contributed by atoms with van der Waals surface area (Å²) in [7, 11) is 0. The van der Waals surface area contributed by atoms with Crippen molar-refractivity contribution in [2.24, 2.45) is 11.7 Å². The highest BCUT2D eigenvalue weighted by Gasteiger charge is 2.29. The summed E-state index contributed by atoms with van der Waals surface area (Å²) in [5, 5.41) is 3.49. The number of hydrogen-bond acceptors (Lipinski definition) is 5. The van der Waals surface area contributed by atoms with Gasteiger partial charge in [-0.2, -0.15) is 0 Å². The van der Waals surface area contributed by atoms with Crippen LogP contribution in [-0.2, 0) is 0 Å². The van der Waals surface area contributed by atoms with Crippen molar-refractivity contribution >= 4 is 11.7 Å². The molecule has 0 aromatic carbocycles. The molecule has 2 heterocycles. The van der Waals surface area contributed by atoms with Crippen molar-refractivity contribution in [1.29, 1.82) is 0 Å². The largest absolute Gasteiger partial charge is 0.364 e. The molecule has 0 spiro atoms. The number of hydrogen-bond donors (Lipinski definition) is 2. The van der Waals surface area contributed by atoms with Crippen molar-refractivity contribution in [2.75, 3.05) is 24.5 Å². The lowest BCUT2D eigenvalue weighted by Gasteiger charge is -2.27. The van der Waals surface area contributed by atoms with Crippen LogP contribution in [0.2, 0.25) is 0 Å². The van der Waals surface area contributed by atoms with Gasteiger partial charge in [0.15, 0.2) is 11.5 Å². The van der Waals surface area contributed by atoms with E-state index in [1.165, 1.54) is 31.9 Å². The van der Waals surface area contributed by atoms with Gasteiger partial charge in [-0.15, -0.1) is 0 Å². The number of aromatic nitrogens is 2. The molecule has 1 atom stereocenters. The maximum Gasteiger partial charge on any atom is 0.271 e. The molecule has 6 heteroatoms. The third-order valence-electron chi connectivity index (χ3n) is 3.99. The summed E-state index contributed by atoms with van der Waals surface area (Å²) in [4.78, 5) is 22.2. The second-order valence-corrected chi connectivity index (χ2v) is 5.73. The average Bonchev–Trinajstić information content (AvgIpc) is 3.12.